The maximum absolute atomic E-state index is 12.6. The zero-order valence-corrected chi connectivity index (χ0v) is 18.4. The number of nitrogens with zero attached hydrogens (tertiary/aromatic N) is 1. The molecule has 4 aromatic rings. The second-order valence-electron chi connectivity index (χ2n) is 7.48. The van der Waals surface area contributed by atoms with Crippen molar-refractivity contribution in [1.29, 1.82) is 0 Å². The molecule has 0 aliphatic heterocycles. The summed E-state index contributed by atoms with van der Waals surface area (Å²) in [6.07, 6.45) is 2.55. The molecule has 0 bridgehead atoms. The molecule has 1 aromatic heterocycles. The number of carbonyl (C=O) groups is 1. The lowest BCUT2D eigenvalue weighted by Crippen LogP contribution is -2.16. The van der Waals surface area contributed by atoms with Crippen molar-refractivity contribution < 1.29 is 18.7 Å². The number of nitrogens with one attached hydrogen (secondary N) is 1. The Morgan fingerprint density at radius 3 is 2.72 bits per heavy atom. The lowest BCUT2D eigenvalue weighted by molar-refractivity contribution is 0.0929. The molecule has 0 aliphatic rings. The molecule has 1 heterocycles. The average Bonchev–Trinajstić information content (AvgIpc) is 3.26. The molecule has 0 aliphatic carbocycles. The quantitative estimate of drug-likeness (QED) is 0.278. The van der Waals surface area contributed by atoms with E-state index in [2.05, 4.69) is 17.5 Å². The highest BCUT2D eigenvalue weighted by Gasteiger charge is 2.14. The van der Waals surface area contributed by atoms with Gasteiger partial charge in [0.25, 0.3) is 0 Å². The summed E-state index contributed by atoms with van der Waals surface area (Å²) in [6, 6.07) is 19.1. The van der Waals surface area contributed by atoms with Crippen LogP contribution in [0.3, 0.4) is 0 Å². The van der Waals surface area contributed by atoms with Gasteiger partial charge in [-0.2, -0.15) is 5.10 Å². The van der Waals surface area contributed by atoms with Crippen LogP contribution in [0.1, 0.15) is 43.3 Å². The van der Waals surface area contributed by atoms with Crippen molar-refractivity contribution in [3.8, 4) is 11.5 Å². The molecule has 0 saturated heterocycles. The van der Waals surface area contributed by atoms with Gasteiger partial charge in [-0.15, -0.1) is 0 Å². The monoisotopic (exact) mass is 430 g/mol. The molecule has 1 amide bonds. The summed E-state index contributed by atoms with van der Waals surface area (Å²) < 4.78 is 17.3. The van der Waals surface area contributed by atoms with Gasteiger partial charge in [0.1, 0.15) is 5.58 Å². The van der Waals surface area contributed by atoms with Crippen LogP contribution in [0.15, 0.2) is 70.2 Å². The number of hydrogen-bond acceptors (Lipinski definition) is 5. The Morgan fingerprint density at radius 2 is 1.91 bits per heavy atom. The van der Waals surface area contributed by atoms with E-state index in [0.29, 0.717) is 23.7 Å². The van der Waals surface area contributed by atoms with Gasteiger partial charge < -0.3 is 13.9 Å². The molecule has 3 aromatic carbocycles. The number of rotatable bonds is 8. The normalized spacial score (nSPS) is 12.3. The molecule has 0 saturated carbocycles. The lowest BCUT2D eigenvalue weighted by Gasteiger charge is -2.16. The molecule has 164 valence electrons. The van der Waals surface area contributed by atoms with Crippen molar-refractivity contribution in [3.63, 3.8) is 0 Å². The highest BCUT2D eigenvalue weighted by atomic mass is 16.5. The maximum Gasteiger partial charge on any atom is 0.307 e. The van der Waals surface area contributed by atoms with Gasteiger partial charge in [0.05, 0.1) is 18.9 Å². The fraction of sp³-hybridized carbons (Fsp3) is 0.231. The Morgan fingerprint density at radius 1 is 1.06 bits per heavy atom. The van der Waals surface area contributed by atoms with Gasteiger partial charge in [-0.1, -0.05) is 37.3 Å². The number of hydrogen-bond donors (Lipinski definition) is 1. The van der Waals surface area contributed by atoms with Gasteiger partial charge >= 0.3 is 5.91 Å². The highest BCUT2D eigenvalue weighted by Crippen LogP contribution is 2.30. The van der Waals surface area contributed by atoms with E-state index in [-0.39, 0.29) is 11.9 Å². The number of benzene rings is 3. The van der Waals surface area contributed by atoms with Crippen molar-refractivity contribution in [2.45, 2.75) is 33.3 Å². The Balaban J connectivity index is 1.49. The van der Waals surface area contributed by atoms with E-state index in [4.69, 9.17) is 13.9 Å². The molecule has 32 heavy (non-hydrogen) atoms. The molecule has 6 nitrogen and oxygen atoms in total. The second kappa shape index (κ2) is 9.56. The molecule has 0 radical (unpaired) electrons. The van der Waals surface area contributed by atoms with Crippen LogP contribution in [-0.2, 0) is 0 Å². The molecule has 1 atom stereocenters. The lowest BCUT2D eigenvalue weighted by atomic mass is 10.1. The number of amides is 1. The SMILES string of the molecule is CCOc1cc(C=NNC(=O)c2cc3c(ccc4ccccc43)o2)ccc1O[C@@H](C)CC. The van der Waals surface area contributed by atoms with E-state index in [0.717, 1.165) is 28.1 Å². The van der Waals surface area contributed by atoms with Gasteiger partial charge in [-0.25, -0.2) is 5.43 Å². The summed E-state index contributed by atoms with van der Waals surface area (Å²) >= 11 is 0. The Bertz CT molecular complexity index is 1280. The summed E-state index contributed by atoms with van der Waals surface area (Å²) in [5.74, 6) is 1.13. The van der Waals surface area contributed by atoms with E-state index >= 15 is 0 Å². The first kappa shape index (κ1) is 21.4. The second-order valence-corrected chi connectivity index (χ2v) is 7.48. The van der Waals surface area contributed by atoms with Crippen LogP contribution >= 0.6 is 0 Å². The third-order valence-corrected chi connectivity index (χ3v) is 5.20. The molecular formula is C26H26N2O4. The van der Waals surface area contributed by atoms with Crippen molar-refractivity contribution in [2.24, 2.45) is 5.10 Å². The third kappa shape index (κ3) is 4.59. The molecule has 1 N–H and O–H groups in total. The zero-order valence-electron chi connectivity index (χ0n) is 18.4. The van der Waals surface area contributed by atoms with Crippen LogP contribution in [0.25, 0.3) is 21.7 Å². The summed E-state index contributed by atoms with van der Waals surface area (Å²) in [6.45, 7) is 6.53. The molecule has 6 heteroatoms. The topological polar surface area (TPSA) is 73.1 Å². The first-order valence-corrected chi connectivity index (χ1v) is 10.8. The largest absolute Gasteiger partial charge is 0.490 e. The summed E-state index contributed by atoms with van der Waals surface area (Å²) in [7, 11) is 0. The fourth-order valence-electron chi connectivity index (χ4n) is 3.40. The number of hydrazone groups is 1. The van der Waals surface area contributed by atoms with Gasteiger partial charge in [-0.05, 0) is 66.9 Å². The van der Waals surface area contributed by atoms with E-state index in [1.807, 2.05) is 68.4 Å². The molecular weight excluding hydrogens is 404 g/mol. The summed E-state index contributed by atoms with van der Waals surface area (Å²) in [5, 5.41) is 7.11. The van der Waals surface area contributed by atoms with Crippen molar-refractivity contribution in [2.75, 3.05) is 6.61 Å². The number of fused-ring (bicyclic) bond motifs is 3. The number of ether oxygens (including phenoxy) is 2. The minimum absolute atomic E-state index is 0.0916. The van der Waals surface area contributed by atoms with Crippen molar-refractivity contribution in [3.05, 3.63) is 72.0 Å². The van der Waals surface area contributed by atoms with Crippen LogP contribution in [-0.4, -0.2) is 24.8 Å². The van der Waals surface area contributed by atoms with Crippen LogP contribution in [0, 0.1) is 0 Å². The first-order chi connectivity index (χ1) is 15.6. The van der Waals surface area contributed by atoms with Gasteiger partial charge in [-0.3, -0.25) is 4.79 Å². The standard InChI is InChI=1S/C26H26N2O4/c1-4-17(3)31-23-12-10-18(14-24(23)30-5-2)16-27-28-26(29)25-15-21-20-9-7-6-8-19(20)11-13-22(21)32-25/h6-17H,4-5H2,1-3H3,(H,28,29)/t17-/m0/s1. The van der Waals surface area contributed by atoms with Gasteiger partial charge in [0.2, 0.25) is 0 Å². The summed E-state index contributed by atoms with van der Waals surface area (Å²) in [5.41, 5.74) is 3.97. The maximum atomic E-state index is 12.6. The molecule has 0 spiro atoms. The predicted molar refractivity (Wildman–Crippen MR) is 127 cm³/mol. The van der Waals surface area contributed by atoms with Crippen LogP contribution in [0.2, 0.25) is 0 Å². The zero-order chi connectivity index (χ0) is 22.5. The molecule has 0 unspecified atom stereocenters. The minimum Gasteiger partial charge on any atom is -0.490 e. The Kier molecular flexibility index (Phi) is 6.40. The van der Waals surface area contributed by atoms with E-state index in [1.54, 1.807) is 12.3 Å². The van der Waals surface area contributed by atoms with Crippen LogP contribution < -0.4 is 14.9 Å². The van der Waals surface area contributed by atoms with E-state index in [9.17, 15) is 4.79 Å². The fourth-order valence-corrected chi connectivity index (χ4v) is 3.40. The van der Waals surface area contributed by atoms with E-state index in [1.165, 1.54) is 0 Å². The summed E-state index contributed by atoms with van der Waals surface area (Å²) in [4.78, 5) is 12.6. The molecule has 4 rings (SSSR count). The first-order valence-electron chi connectivity index (χ1n) is 10.8. The average molecular weight is 431 g/mol. The van der Waals surface area contributed by atoms with Gasteiger partial charge in [0, 0.05) is 5.39 Å². The van der Waals surface area contributed by atoms with Gasteiger partial charge in [0.15, 0.2) is 17.3 Å². The predicted octanol–water partition coefficient (Wildman–Crippen LogP) is 5.93. The van der Waals surface area contributed by atoms with Crippen LogP contribution in [0.5, 0.6) is 11.5 Å². The smallest absolute Gasteiger partial charge is 0.307 e. The van der Waals surface area contributed by atoms with E-state index < -0.39 is 5.91 Å². The third-order valence-electron chi connectivity index (χ3n) is 5.20. The number of furan rings is 1. The molecule has 0 fully saturated rings. The highest BCUT2D eigenvalue weighted by molar-refractivity contribution is 6.08. The Labute approximate surface area is 186 Å². The van der Waals surface area contributed by atoms with Crippen molar-refractivity contribution in [1.82, 2.24) is 5.43 Å². The van der Waals surface area contributed by atoms with Crippen molar-refractivity contribution >= 4 is 33.9 Å². The Hall–Kier alpha value is -3.80. The number of carbonyl (C=O) groups excluding carboxylic acids is 1. The minimum atomic E-state index is -0.414. The van der Waals surface area contributed by atoms with Crippen LogP contribution in [0.4, 0.5) is 0 Å².